The van der Waals surface area contributed by atoms with Crippen molar-refractivity contribution in [3.05, 3.63) is 28.8 Å². The molecule has 0 amide bonds. The number of carboxylic acids is 1. The maximum atomic E-state index is 12.3. The molecule has 21 heavy (non-hydrogen) atoms. The largest absolute Gasteiger partial charge is 0.478 e. The molecule has 1 aliphatic heterocycles. The van der Waals surface area contributed by atoms with E-state index in [9.17, 15) is 13.2 Å². The van der Waals surface area contributed by atoms with Gasteiger partial charge in [0.25, 0.3) is 0 Å². The molecule has 0 bridgehead atoms. The maximum Gasteiger partial charge on any atom is 0.335 e. The molecule has 1 saturated heterocycles. The molecule has 1 unspecified atom stereocenters. The third-order valence-electron chi connectivity index (χ3n) is 3.41. The Bertz CT molecular complexity index is 648. The van der Waals surface area contributed by atoms with Crippen LogP contribution in [0.4, 0.5) is 5.69 Å². The predicted molar refractivity (Wildman–Crippen MR) is 80.9 cm³/mol. The van der Waals surface area contributed by atoms with Crippen molar-refractivity contribution < 1.29 is 18.3 Å². The zero-order valence-corrected chi connectivity index (χ0v) is 13.1. The summed E-state index contributed by atoms with van der Waals surface area (Å²) in [5.41, 5.74) is 0.0545. The average Bonchev–Trinajstić information content (AvgIpc) is 2.41. The van der Waals surface area contributed by atoms with Crippen molar-refractivity contribution >= 4 is 33.5 Å². The second-order valence-electron chi connectivity index (χ2n) is 5.21. The Morgan fingerprint density at radius 1 is 1.48 bits per heavy atom. The second kappa shape index (κ2) is 6.21. The van der Waals surface area contributed by atoms with Crippen LogP contribution in [0.2, 0.25) is 5.02 Å². The molecule has 0 radical (unpaired) electrons. The summed E-state index contributed by atoms with van der Waals surface area (Å²) < 4.78 is 28.4. The molecule has 1 aliphatic rings. The minimum Gasteiger partial charge on any atom is -0.478 e. The topological polar surface area (TPSA) is 86.7 Å². The minimum atomic E-state index is -3.73. The van der Waals surface area contributed by atoms with Crippen molar-refractivity contribution in [1.82, 2.24) is 4.31 Å². The summed E-state index contributed by atoms with van der Waals surface area (Å²) in [6.07, 6.45) is 1.81. The zero-order chi connectivity index (χ0) is 15.6. The van der Waals surface area contributed by atoms with Crippen molar-refractivity contribution in [2.75, 3.05) is 17.8 Å². The normalized spacial score (nSPS) is 20.2. The molecule has 2 rings (SSSR count). The minimum absolute atomic E-state index is 0.0240. The lowest BCUT2D eigenvalue weighted by Gasteiger charge is -2.30. The molecule has 116 valence electrons. The first-order chi connectivity index (χ1) is 9.79. The van der Waals surface area contributed by atoms with E-state index in [1.807, 2.05) is 6.92 Å². The van der Waals surface area contributed by atoms with Crippen LogP contribution in [0.15, 0.2) is 18.2 Å². The van der Waals surface area contributed by atoms with E-state index in [2.05, 4.69) is 4.72 Å². The fraction of sp³-hybridized carbons (Fsp3) is 0.462. The first kappa shape index (κ1) is 16.1. The van der Waals surface area contributed by atoms with E-state index in [-0.39, 0.29) is 16.3 Å². The third-order valence-corrected chi connectivity index (χ3v) is 5.23. The fourth-order valence-corrected chi connectivity index (χ4v) is 3.92. The van der Waals surface area contributed by atoms with E-state index in [0.717, 1.165) is 12.8 Å². The van der Waals surface area contributed by atoms with E-state index >= 15 is 0 Å². The van der Waals surface area contributed by atoms with Gasteiger partial charge in [0, 0.05) is 13.1 Å². The molecular weight excluding hydrogens is 316 g/mol. The quantitative estimate of drug-likeness (QED) is 0.886. The Kier molecular flexibility index (Phi) is 4.75. The fourth-order valence-electron chi connectivity index (χ4n) is 2.30. The van der Waals surface area contributed by atoms with Gasteiger partial charge in [0.2, 0.25) is 0 Å². The number of benzene rings is 1. The van der Waals surface area contributed by atoms with Crippen LogP contribution in [0, 0.1) is 5.92 Å². The van der Waals surface area contributed by atoms with Crippen LogP contribution in [0.3, 0.4) is 0 Å². The van der Waals surface area contributed by atoms with Gasteiger partial charge in [-0.15, -0.1) is 0 Å². The first-order valence-corrected chi connectivity index (χ1v) is 8.42. The highest BCUT2D eigenvalue weighted by Crippen LogP contribution is 2.26. The van der Waals surface area contributed by atoms with Gasteiger partial charge >= 0.3 is 16.2 Å². The summed E-state index contributed by atoms with van der Waals surface area (Å²) in [6, 6.07) is 3.91. The highest BCUT2D eigenvalue weighted by Gasteiger charge is 2.27. The number of hydrogen-bond donors (Lipinski definition) is 2. The standard InChI is InChI=1S/C13H17ClN2O4S/c1-9-3-2-6-16(8-9)21(19,20)15-12-7-10(13(17)18)4-5-11(12)14/h4-5,7,9,15H,2-3,6,8H2,1H3,(H,17,18). The zero-order valence-electron chi connectivity index (χ0n) is 11.5. The molecule has 8 heteroatoms. The lowest BCUT2D eigenvalue weighted by molar-refractivity contribution is 0.0697. The third kappa shape index (κ3) is 3.87. The van der Waals surface area contributed by atoms with Gasteiger partial charge in [0.05, 0.1) is 16.3 Å². The summed E-state index contributed by atoms with van der Waals surface area (Å²) in [5, 5.41) is 9.11. The highest BCUT2D eigenvalue weighted by atomic mass is 35.5. The molecule has 0 aromatic heterocycles. The van der Waals surface area contributed by atoms with Crippen molar-refractivity contribution in [3.63, 3.8) is 0 Å². The molecular formula is C13H17ClN2O4S. The van der Waals surface area contributed by atoms with Gasteiger partial charge in [0.1, 0.15) is 0 Å². The number of carboxylic acid groups (broad SMARTS) is 1. The number of anilines is 1. The number of rotatable bonds is 4. The number of aromatic carboxylic acids is 1. The molecule has 1 fully saturated rings. The molecule has 1 atom stereocenters. The second-order valence-corrected chi connectivity index (χ2v) is 7.29. The average molecular weight is 333 g/mol. The van der Waals surface area contributed by atoms with Crippen LogP contribution >= 0.6 is 11.6 Å². The van der Waals surface area contributed by atoms with Crippen molar-refractivity contribution in [2.45, 2.75) is 19.8 Å². The van der Waals surface area contributed by atoms with Gasteiger partial charge in [-0.3, -0.25) is 4.72 Å². The Morgan fingerprint density at radius 2 is 2.19 bits per heavy atom. The summed E-state index contributed by atoms with van der Waals surface area (Å²) in [7, 11) is -3.73. The monoisotopic (exact) mass is 332 g/mol. The van der Waals surface area contributed by atoms with Gasteiger partial charge in [-0.1, -0.05) is 18.5 Å². The number of piperidine rings is 1. The van der Waals surface area contributed by atoms with E-state index in [1.54, 1.807) is 0 Å². The van der Waals surface area contributed by atoms with Gasteiger partial charge in [0.15, 0.2) is 0 Å². The molecule has 6 nitrogen and oxygen atoms in total. The number of nitrogens with one attached hydrogen (secondary N) is 1. The number of nitrogens with zero attached hydrogens (tertiary/aromatic N) is 1. The lowest BCUT2D eigenvalue weighted by Crippen LogP contribution is -2.42. The van der Waals surface area contributed by atoms with Crippen molar-refractivity contribution in [3.8, 4) is 0 Å². The first-order valence-electron chi connectivity index (χ1n) is 6.60. The maximum absolute atomic E-state index is 12.3. The van der Waals surface area contributed by atoms with Gasteiger partial charge in [-0.05, 0) is 37.0 Å². The molecule has 1 aromatic carbocycles. The Labute approximate surface area is 128 Å². The van der Waals surface area contributed by atoms with E-state index in [0.29, 0.717) is 19.0 Å². The van der Waals surface area contributed by atoms with E-state index < -0.39 is 16.2 Å². The number of hydrogen-bond acceptors (Lipinski definition) is 3. The Balaban J connectivity index is 2.23. The lowest BCUT2D eigenvalue weighted by atomic mass is 10.0. The highest BCUT2D eigenvalue weighted by molar-refractivity contribution is 7.90. The number of carbonyl (C=O) groups is 1. The molecule has 1 heterocycles. The van der Waals surface area contributed by atoms with Crippen LogP contribution in [-0.4, -0.2) is 36.9 Å². The van der Waals surface area contributed by atoms with Gasteiger partial charge in [-0.25, -0.2) is 4.79 Å². The van der Waals surface area contributed by atoms with Crippen LogP contribution in [0.25, 0.3) is 0 Å². The summed E-state index contributed by atoms with van der Waals surface area (Å²) in [4.78, 5) is 10.9. The van der Waals surface area contributed by atoms with Gasteiger partial charge < -0.3 is 5.11 Å². The van der Waals surface area contributed by atoms with Crippen LogP contribution in [-0.2, 0) is 10.2 Å². The van der Waals surface area contributed by atoms with E-state index in [4.69, 9.17) is 16.7 Å². The van der Waals surface area contributed by atoms with E-state index in [1.165, 1.54) is 22.5 Å². The van der Waals surface area contributed by atoms with Crippen LogP contribution in [0.1, 0.15) is 30.1 Å². The molecule has 0 spiro atoms. The SMILES string of the molecule is CC1CCCN(S(=O)(=O)Nc2cc(C(=O)O)ccc2Cl)C1. The molecule has 0 aliphatic carbocycles. The van der Waals surface area contributed by atoms with Gasteiger partial charge in [-0.2, -0.15) is 12.7 Å². The van der Waals surface area contributed by atoms with Crippen molar-refractivity contribution in [1.29, 1.82) is 0 Å². The summed E-state index contributed by atoms with van der Waals surface area (Å²) >= 11 is 5.94. The summed E-state index contributed by atoms with van der Waals surface area (Å²) in [5.74, 6) is -0.838. The molecule has 2 N–H and O–H groups in total. The predicted octanol–water partition coefficient (Wildman–Crippen LogP) is 2.43. The smallest absolute Gasteiger partial charge is 0.335 e. The van der Waals surface area contributed by atoms with Crippen LogP contribution < -0.4 is 4.72 Å². The molecule has 0 saturated carbocycles. The summed E-state index contributed by atoms with van der Waals surface area (Å²) in [6.45, 7) is 2.90. The molecule has 1 aromatic rings. The van der Waals surface area contributed by atoms with Crippen molar-refractivity contribution in [2.24, 2.45) is 5.92 Å². The Morgan fingerprint density at radius 3 is 2.81 bits per heavy atom. The Hall–Kier alpha value is -1.31. The van der Waals surface area contributed by atoms with Crippen LogP contribution in [0.5, 0.6) is 0 Å². The number of halogens is 1.